The molecule has 1 aromatic carbocycles. The molecule has 0 fully saturated rings. The molecule has 8 heteroatoms. The second-order valence-corrected chi connectivity index (χ2v) is 4.94. The van der Waals surface area contributed by atoms with Gasteiger partial charge in [-0.25, -0.2) is 4.39 Å². The third kappa shape index (κ3) is 3.02. The Morgan fingerprint density at radius 3 is 3.00 bits per heavy atom. The van der Waals surface area contributed by atoms with Crippen LogP contribution in [-0.4, -0.2) is 21.1 Å². The Kier molecular flexibility index (Phi) is 4.01. The smallest absolute Gasteiger partial charge is 0.265 e. The van der Waals surface area contributed by atoms with E-state index in [-0.39, 0.29) is 16.0 Å². The topological polar surface area (TPSA) is 63.0 Å². The predicted molar refractivity (Wildman–Crippen MR) is 75.5 cm³/mol. The van der Waals surface area contributed by atoms with Gasteiger partial charge in [-0.15, -0.1) is 0 Å². The summed E-state index contributed by atoms with van der Waals surface area (Å²) in [6.07, 6.45) is 1.23. The van der Waals surface area contributed by atoms with Crippen LogP contribution in [0.15, 0.2) is 32.6 Å². The standard InChI is InChI=1S/C11H8BrFN4OS/c1-6-10(18)17(11(19)16-15-6)14-5-7-2-3-8(12)4-9(7)13/h2-5H,1H3,(H,16,19)/b14-5-. The molecule has 0 aliphatic heterocycles. The molecule has 0 bridgehead atoms. The van der Waals surface area contributed by atoms with Crippen LogP contribution in [-0.2, 0) is 0 Å². The van der Waals surface area contributed by atoms with Crippen molar-refractivity contribution in [2.24, 2.45) is 5.10 Å². The monoisotopic (exact) mass is 342 g/mol. The molecule has 0 saturated carbocycles. The molecule has 2 rings (SSSR count). The van der Waals surface area contributed by atoms with Crippen molar-refractivity contribution >= 4 is 34.4 Å². The second-order valence-electron chi connectivity index (χ2n) is 3.64. The quantitative estimate of drug-likeness (QED) is 0.673. The largest absolute Gasteiger partial charge is 0.296 e. The lowest BCUT2D eigenvalue weighted by Gasteiger charge is -2.00. The van der Waals surface area contributed by atoms with Gasteiger partial charge < -0.3 is 0 Å². The normalized spacial score (nSPS) is 11.1. The van der Waals surface area contributed by atoms with Crippen molar-refractivity contribution in [1.82, 2.24) is 14.9 Å². The molecule has 0 saturated heterocycles. The number of nitrogens with one attached hydrogen (secondary N) is 1. The summed E-state index contributed by atoms with van der Waals surface area (Å²) in [6, 6.07) is 4.52. The maximum absolute atomic E-state index is 13.6. The first kappa shape index (κ1) is 13.8. The van der Waals surface area contributed by atoms with Gasteiger partial charge in [0, 0.05) is 10.0 Å². The van der Waals surface area contributed by atoms with Crippen LogP contribution in [0.5, 0.6) is 0 Å². The van der Waals surface area contributed by atoms with Gasteiger partial charge >= 0.3 is 0 Å². The van der Waals surface area contributed by atoms with E-state index >= 15 is 0 Å². The van der Waals surface area contributed by atoms with Crippen LogP contribution < -0.4 is 5.56 Å². The zero-order chi connectivity index (χ0) is 14.0. The van der Waals surface area contributed by atoms with E-state index in [0.717, 1.165) is 4.68 Å². The molecule has 0 aliphatic rings. The predicted octanol–water partition coefficient (Wildman–Crippen LogP) is 2.39. The summed E-state index contributed by atoms with van der Waals surface area (Å²) in [7, 11) is 0. The Labute approximate surface area is 120 Å². The molecule has 1 heterocycles. The van der Waals surface area contributed by atoms with Gasteiger partial charge in [0.2, 0.25) is 4.77 Å². The average Bonchev–Trinajstić information content (AvgIpc) is 2.36. The Morgan fingerprint density at radius 1 is 1.58 bits per heavy atom. The maximum atomic E-state index is 13.6. The lowest BCUT2D eigenvalue weighted by Crippen LogP contribution is -2.22. The molecular weight excluding hydrogens is 335 g/mol. The van der Waals surface area contributed by atoms with Gasteiger partial charge in [-0.2, -0.15) is 14.9 Å². The van der Waals surface area contributed by atoms with Gasteiger partial charge in [0.1, 0.15) is 11.5 Å². The third-order valence-electron chi connectivity index (χ3n) is 2.29. The van der Waals surface area contributed by atoms with Crippen molar-refractivity contribution in [3.63, 3.8) is 0 Å². The highest BCUT2D eigenvalue weighted by molar-refractivity contribution is 9.10. The first-order valence-electron chi connectivity index (χ1n) is 5.17. The fraction of sp³-hybridized carbons (Fsp3) is 0.0909. The van der Waals surface area contributed by atoms with Gasteiger partial charge in [-0.3, -0.25) is 9.89 Å². The van der Waals surface area contributed by atoms with Gasteiger partial charge in [-0.1, -0.05) is 15.9 Å². The van der Waals surface area contributed by atoms with Crippen LogP contribution in [0.4, 0.5) is 4.39 Å². The third-order valence-corrected chi connectivity index (χ3v) is 3.05. The number of aryl methyl sites for hydroxylation is 1. The fourth-order valence-electron chi connectivity index (χ4n) is 1.30. The fourth-order valence-corrected chi connectivity index (χ4v) is 1.81. The summed E-state index contributed by atoms with van der Waals surface area (Å²) in [6.45, 7) is 1.53. The summed E-state index contributed by atoms with van der Waals surface area (Å²) < 4.78 is 15.2. The summed E-state index contributed by atoms with van der Waals surface area (Å²) >= 11 is 8.05. The molecule has 0 amide bonds. The van der Waals surface area contributed by atoms with E-state index in [0.29, 0.717) is 4.47 Å². The molecule has 1 N–H and O–H groups in total. The van der Waals surface area contributed by atoms with E-state index in [1.54, 1.807) is 6.07 Å². The number of aromatic nitrogens is 3. The highest BCUT2D eigenvalue weighted by Gasteiger charge is 2.03. The van der Waals surface area contributed by atoms with E-state index in [1.807, 2.05) is 0 Å². The first-order chi connectivity index (χ1) is 8.99. The molecule has 2 aromatic rings. The number of halogens is 2. The number of hydrogen-bond donors (Lipinski definition) is 1. The van der Waals surface area contributed by atoms with Crippen molar-refractivity contribution in [2.75, 3.05) is 0 Å². The van der Waals surface area contributed by atoms with Crippen LogP contribution in [0.3, 0.4) is 0 Å². The average molecular weight is 343 g/mol. The van der Waals surface area contributed by atoms with Gasteiger partial charge in [-0.05, 0) is 37.3 Å². The SMILES string of the molecule is Cc1n[nH]c(=S)n(/N=C\c2ccc(Br)cc2F)c1=O. The van der Waals surface area contributed by atoms with E-state index in [4.69, 9.17) is 12.2 Å². The van der Waals surface area contributed by atoms with Crippen molar-refractivity contribution in [2.45, 2.75) is 6.92 Å². The molecule has 0 radical (unpaired) electrons. The lowest BCUT2D eigenvalue weighted by molar-refractivity contribution is 0.624. The minimum atomic E-state index is -0.452. The molecule has 0 aliphatic carbocycles. The Bertz CT molecular complexity index is 768. The van der Waals surface area contributed by atoms with Crippen LogP contribution in [0.25, 0.3) is 0 Å². The summed E-state index contributed by atoms with van der Waals surface area (Å²) in [4.78, 5) is 11.7. The Morgan fingerprint density at radius 2 is 2.32 bits per heavy atom. The van der Waals surface area contributed by atoms with Crippen molar-refractivity contribution in [3.05, 3.63) is 54.9 Å². The molecule has 0 unspecified atom stereocenters. The number of aromatic amines is 1. The molecule has 98 valence electrons. The Balaban J connectivity index is 2.47. The molecular formula is C11H8BrFN4OS. The minimum absolute atomic E-state index is 0.0457. The van der Waals surface area contributed by atoms with Crippen LogP contribution in [0.2, 0.25) is 0 Å². The highest BCUT2D eigenvalue weighted by Crippen LogP contribution is 2.13. The van der Waals surface area contributed by atoms with Crippen LogP contribution >= 0.6 is 28.1 Å². The summed E-state index contributed by atoms with van der Waals surface area (Å²) in [5.74, 6) is -0.452. The van der Waals surface area contributed by atoms with E-state index in [2.05, 4.69) is 31.2 Å². The van der Waals surface area contributed by atoms with Crippen LogP contribution in [0, 0.1) is 17.5 Å². The number of hydrogen-bond acceptors (Lipinski definition) is 4. The Hall–Kier alpha value is -1.67. The zero-order valence-corrected chi connectivity index (χ0v) is 12.1. The van der Waals surface area contributed by atoms with Crippen LogP contribution in [0.1, 0.15) is 11.3 Å². The molecule has 0 spiro atoms. The summed E-state index contributed by atoms with van der Waals surface area (Å²) in [5.41, 5.74) is 0.0264. The van der Waals surface area contributed by atoms with Gasteiger partial charge in [0.15, 0.2) is 0 Å². The van der Waals surface area contributed by atoms with Gasteiger partial charge in [0.25, 0.3) is 5.56 Å². The molecule has 0 atom stereocenters. The number of H-pyrrole nitrogens is 1. The minimum Gasteiger partial charge on any atom is -0.265 e. The molecule has 5 nitrogen and oxygen atoms in total. The maximum Gasteiger partial charge on any atom is 0.296 e. The molecule has 1 aromatic heterocycles. The molecule has 19 heavy (non-hydrogen) atoms. The lowest BCUT2D eigenvalue weighted by atomic mass is 10.2. The van der Waals surface area contributed by atoms with E-state index < -0.39 is 11.4 Å². The highest BCUT2D eigenvalue weighted by atomic mass is 79.9. The zero-order valence-electron chi connectivity index (χ0n) is 9.72. The number of nitrogens with zero attached hydrogens (tertiary/aromatic N) is 3. The van der Waals surface area contributed by atoms with Crippen molar-refractivity contribution < 1.29 is 4.39 Å². The van der Waals surface area contributed by atoms with Crippen molar-refractivity contribution in [3.8, 4) is 0 Å². The number of rotatable bonds is 2. The van der Waals surface area contributed by atoms with Gasteiger partial charge in [0.05, 0.1) is 6.21 Å². The second kappa shape index (κ2) is 5.54. The van der Waals surface area contributed by atoms with E-state index in [9.17, 15) is 9.18 Å². The first-order valence-corrected chi connectivity index (χ1v) is 6.37. The van der Waals surface area contributed by atoms with Crippen molar-refractivity contribution in [1.29, 1.82) is 0 Å². The van der Waals surface area contributed by atoms with E-state index in [1.165, 1.54) is 25.3 Å². The summed E-state index contributed by atoms with van der Waals surface area (Å²) in [5, 5.41) is 10.1. The number of benzene rings is 1.